The van der Waals surface area contributed by atoms with Gasteiger partial charge in [-0.05, 0) is 18.1 Å². The second kappa shape index (κ2) is 10.1. The second-order valence-electron chi connectivity index (χ2n) is 7.59. The number of carbonyl (C=O) groups excluding carboxylic acids is 1. The first-order valence-electron chi connectivity index (χ1n) is 10.6. The summed E-state index contributed by atoms with van der Waals surface area (Å²) in [5.74, 6) is 1.74. The Kier molecular flexibility index (Phi) is 6.98. The third-order valence-corrected chi connectivity index (χ3v) is 6.77. The van der Waals surface area contributed by atoms with Crippen LogP contribution in [0, 0.1) is 0 Å². The largest absolute Gasteiger partial charge is 0.493 e. The summed E-state index contributed by atoms with van der Waals surface area (Å²) in [6.07, 6.45) is 0.600. The molecular formula is C22H25N5O6S. The molecule has 1 aromatic heterocycles. The van der Waals surface area contributed by atoms with Gasteiger partial charge in [0.25, 0.3) is 0 Å². The molecule has 4 rings (SSSR count). The van der Waals surface area contributed by atoms with E-state index < -0.39 is 16.4 Å². The zero-order chi connectivity index (χ0) is 24.1. The van der Waals surface area contributed by atoms with E-state index in [0.717, 1.165) is 15.3 Å². The first-order chi connectivity index (χ1) is 16.4. The number of anilines is 1. The number of nitrogens with zero attached hydrogens (tertiary/aromatic N) is 4. The fourth-order valence-corrected chi connectivity index (χ4v) is 4.77. The molecule has 34 heavy (non-hydrogen) atoms. The van der Waals surface area contributed by atoms with Crippen LogP contribution in [0.2, 0.25) is 0 Å². The zero-order valence-corrected chi connectivity index (χ0v) is 19.4. The van der Waals surface area contributed by atoms with Gasteiger partial charge in [0.05, 0.1) is 12.6 Å². The number of ether oxygens (including phenoxy) is 2. The number of carbonyl (C=O) groups is 1. The number of hydrogen-bond acceptors (Lipinski definition) is 9. The lowest BCUT2D eigenvalue weighted by molar-refractivity contribution is 0.206. The van der Waals surface area contributed by atoms with E-state index in [1.165, 1.54) is 6.33 Å². The topological polar surface area (TPSA) is 137 Å². The molecule has 180 valence electrons. The monoisotopic (exact) mass is 487 g/mol. The van der Waals surface area contributed by atoms with Gasteiger partial charge >= 0.3 is 16.4 Å². The molecular weight excluding hydrogens is 462 g/mol. The molecule has 2 heterocycles. The standard InChI is InChI=1S/C22H25N5O6S/c1-31-19-12-17-18(13-20(19)32-14-16-6-3-2-4-7-16)24-15-25-21(17)26-8-5-9-27(11-10-26)34(29,30)33-22(23)28/h2-4,6-7,12-13,15H,5,8-11,14H2,1H3,(H2,23,28). The average Bonchev–Trinajstić information content (AvgIpc) is 3.08. The molecule has 1 fully saturated rings. The molecule has 0 bridgehead atoms. The molecule has 0 spiro atoms. The van der Waals surface area contributed by atoms with Crippen LogP contribution in [0.25, 0.3) is 10.9 Å². The minimum Gasteiger partial charge on any atom is -0.493 e. The van der Waals surface area contributed by atoms with E-state index in [1.807, 2.05) is 41.3 Å². The normalized spacial score (nSPS) is 15.0. The number of methoxy groups -OCH3 is 1. The van der Waals surface area contributed by atoms with Gasteiger partial charge in [0.1, 0.15) is 18.8 Å². The highest BCUT2D eigenvalue weighted by molar-refractivity contribution is 7.84. The molecule has 2 aromatic carbocycles. The Hall–Kier alpha value is -3.64. The van der Waals surface area contributed by atoms with Crippen molar-refractivity contribution in [1.29, 1.82) is 0 Å². The lowest BCUT2D eigenvalue weighted by Gasteiger charge is -2.23. The lowest BCUT2D eigenvalue weighted by atomic mass is 10.2. The summed E-state index contributed by atoms with van der Waals surface area (Å²) >= 11 is 0. The van der Waals surface area contributed by atoms with Gasteiger partial charge in [-0.3, -0.25) is 0 Å². The summed E-state index contributed by atoms with van der Waals surface area (Å²) in [6, 6.07) is 13.4. The van der Waals surface area contributed by atoms with Crippen molar-refractivity contribution in [2.24, 2.45) is 5.73 Å². The fourth-order valence-electron chi connectivity index (χ4n) is 3.80. The third-order valence-electron chi connectivity index (χ3n) is 5.39. The molecule has 1 saturated heterocycles. The van der Waals surface area contributed by atoms with Gasteiger partial charge in [-0.25, -0.2) is 14.8 Å². The van der Waals surface area contributed by atoms with Crippen LogP contribution in [0.3, 0.4) is 0 Å². The van der Waals surface area contributed by atoms with E-state index in [9.17, 15) is 13.2 Å². The third kappa shape index (κ3) is 5.29. The van der Waals surface area contributed by atoms with Crippen molar-refractivity contribution in [2.45, 2.75) is 13.0 Å². The molecule has 11 nitrogen and oxygen atoms in total. The SMILES string of the molecule is COc1cc2c(N3CCCN(S(=O)(=O)OC(N)=O)CC3)ncnc2cc1OCc1ccccc1. The van der Waals surface area contributed by atoms with Crippen LogP contribution < -0.4 is 20.1 Å². The van der Waals surface area contributed by atoms with Crippen molar-refractivity contribution in [2.75, 3.05) is 38.2 Å². The number of fused-ring (bicyclic) bond motifs is 1. The predicted molar refractivity (Wildman–Crippen MR) is 125 cm³/mol. The van der Waals surface area contributed by atoms with E-state index in [4.69, 9.17) is 15.2 Å². The molecule has 3 aromatic rings. The molecule has 1 aliphatic rings. The number of amides is 1. The van der Waals surface area contributed by atoms with E-state index in [2.05, 4.69) is 14.2 Å². The highest BCUT2D eigenvalue weighted by Crippen LogP contribution is 2.35. The van der Waals surface area contributed by atoms with Gasteiger partial charge < -0.3 is 24.3 Å². The maximum absolute atomic E-state index is 12.2. The lowest BCUT2D eigenvalue weighted by Crippen LogP contribution is -2.38. The molecule has 0 atom stereocenters. The molecule has 0 aliphatic carbocycles. The second-order valence-corrected chi connectivity index (χ2v) is 9.13. The predicted octanol–water partition coefficient (Wildman–Crippen LogP) is 2.07. The van der Waals surface area contributed by atoms with Crippen molar-refractivity contribution in [3.8, 4) is 11.5 Å². The molecule has 12 heteroatoms. The van der Waals surface area contributed by atoms with Crippen LogP contribution >= 0.6 is 0 Å². The Morgan fingerprint density at radius 2 is 1.85 bits per heavy atom. The van der Waals surface area contributed by atoms with Gasteiger partial charge in [0.2, 0.25) is 0 Å². The summed E-state index contributed by atoms with van der Waals surface area (Å²) in [5.41, 5.74) is 6.57. The highest BCUT2D eigenvalue weighted by Gasteiger charge is 2.29. The van der Waals surface area contributed by atoms with Gasteiger partial charge in [-0.2, -0.15) is 12.7 Å². The summed E-state index contributed by atoms with van der Waals surface area (Å²) in [7, 11) is -2.67. The quantitative estimate of drug-likeness (QED) is 0.531. The molecule has 0 unspecified atom stereocenters. The van der Waals surface area contributed by atoms with Crippen LogP contribution in [-0.2, 0) is 21.1 Å². The Balaban J connectivity index is 1.58. The molecule has 0 saturated carbocycles. The number of benzene rings is 2. The van der Waals surface area contributed by atoms with E-state index in [-0.39, 0.29) is 13.1 Å². The Morgan fingerprint density at radius 1 is 1.06 bits per heavy atom. The first-order valence-corrected chi connectivity index (χ1v) is 12.0. The fraction of sp³-hybridized carbons (Fsp3) is 0.318. The minimum atomic E-state index is -4.24. The summed E-state index contributed by atoms with van der Waals surface area (Å²) in [5, 5.41) is 0.746. The van der Waals surface area contributed by atoms with Crippen molar-refractivity contribution in [1.82, 2.24) is 14.3 Å². The van der Waals surface area contributed by atoms with Crippen LogP contribution in [0.1, 0.15) is 12.0 Å². The van der Waals surface area contributed by atoms with Gasteiger partial charge in [0.15, 0.2) is 11.5 Å². The summed E-state index contributed by atoms with van der Waals surface area (Å²) in [6.45, 7) is 1.56. The molecule has 0 radical (unpaired) electrons. The van der Waals surface area contributed by atoms with Crippen LogP contribution in [-0.4, -0.2) is 62.1 Å². The summed E-state index contributed by atoms with van der Waals surface area (Å²) in [4.78, 5) is 21.7. The molecule has 1 aliphatic heterocycles. The maximum Gasteiger partial charge on any atom is 0.421 e. The Labute approximate surface area is 197 Å². The number of nitrogens with two attached hydrogens (primary N) is 1. The zero-order valence-electron chi connectivity index (χ0n) is 18.6. The van der Waals surface area contributed by atoms with Gasteiger partial charge in [-0.15, -0.1) is 0 Å². The molecule has 2 N–H and O–H groups in total. The number of aromatic nitrogens is 2. The first kappa shape index (κ1) is 23.5. The van der Waals surface area contributed by atoms with Crippen LogP contribution in [0.4, 0.5) is 10.6 Å². The van der Waals surface area contributed by atoms with Crippen LogP contribution in [0.5, 0.6) is 11.5 Å². The van der Waals surface area contributed by atoms with E-state index in [1.54, 1.807) is 13.2 Å². The van der Waals surface area contributed by atoms with Crippen molar-refractivity contribution in [3.63, 3.8) is 0 Å². The number of hydrogen-bond donors (Lipinski definition) is 1. The van der Waals surface area contributed by atoms with Gasteiger partial charge in [0, 0.05) is 37.6 Å². The highest BCUT2D eigenvalue weighted by atomic mass is 32.2. The minimum absolute atomic E-state index is 0.108. The van der Waals surface area contributed by atoms with E-state index in [0.29, 0.717) is 49.0 Å². The Bertz CT molecular complexity index is 1270. The van der Waals surface area contributed by atoms with Crippen molar-refractivity contribution in [3.05, 3.63) is 54.4 Å². The smallest absolute Gasteiger partial charge is 0.421 e. The van der Waals surface area contributed by atoms with Crippen molar-refractivity contribution >= 4 is 33.1 Å². The maximum atomic E-state index is 12.2. The van der Waals surface area contributed by atoms with Crippen molar-refractivity contribution < 1.29 is 26.9 Å². The summed E-state index contributed by atoms with van der Waals surface area (Å²) < 4.78 is 41.4. The average molecular weight is 488 g/mol. The van der Waals surface area contributed by atoms with Crippen LogP contribution in [0.15, 0.2) is 48.8 Å². The van der Waals surface area contributed by atoms with Gasteiger partial charge in [-0.1, -0.05) is 30.3 Å². The van der Waals surface area contributed by atoms with E-state index >= 15 is 0 Å². The number of primary amides is 1. The number of rotatable bonds is 7. The Morgan fingerprint density at radius 3 is 2.59 bits per heavy atom. The molecule has 1 amide bonds.